The number of hydrogen-bond donors (Lipinski definition) is 2. The minimum absolute atomic E-state index is 0.0344. The molecule has 2 aromatic rings. The summed E-state index contributed by atoms with van der Waals surface area (Å²) >= 11 is 1.46. The van der Waals surface area contributed by atoms with Crippen LogP contribution in [0.2, 0.25) is 0 Å². The first kappa shape index (κ1) is 22.2. The van der Waals surface area contributed by atoms with Crippen LogP contribution < -0.4 is 10.6 Å². The maximum Gasteiger partial charge on any atom is 0.338 e. The van der Waals surface area contributed by atoms with Crippen LogP contribution in [0.4, 0.5) is 4.79 Å². The Balaban J connectivity index is 1.51. The lowest BCUT2D eigenvalue weighted by Gasteiger charge is -2.12. The van der Waals surface area contributed by atoms with Crippen LogP contribution in [0.25, 0.3) is 0 Å². The lowest BCUT2D eigenvalue weighted by Crippen LogP contribution is -2.41. The highest BCUT2D eigenvalue weighted by Gasteiger charge is 2.35. The summed E-state index contributed by atoms with van der Waals surface area (Å²) < 4.78 is 4.92. The second-order valence-corrected chi connectivity index (χ2v) is 7.79. The maximum absolute atomic E-state index is 12.5. The molecule has 162 valence electrons. The van der Waals surface area contributed by atoms with Crippen LogP contribution in [0.1, 0.15) is 55.7 Å². The minimum Gasteiger partial charge on any atom is -0.452 e. The number of urea groups is 1. The molecule has 0 spiro atoms. The van der Waals surface area contributed by atoms with Gasteiger partial charge in [0.15, 0.2) is 6.61 Å². The minimum atomic E-state index is -0.843. The number of esters is 1. The number of nitrogens with one attached hydrogen (secondary N) is 2. The van der Waals surface area contributed by atoms with E-state index in [0.29, 0.717) is 13.0 Å². The Morgan fingerprint density at radius 1 is 1.10 bits per heavy atom. The molecule has 0 unspecified atom stereocenters. The van der Waals surface area contributed by atoms with E-state index < -0.39 is 30.4 Å². The van der Waals surface area contributed by atoms with Crippen LogP contribution >= 0.6 is 11.3 Å². The van der Waals surface area contributed by atoms with Crippen molar-refractivity contribution in [1.82, 2.24) is 15.5 Å². The molecule has 2 N–H and O–H groups in total. The molecule has 0 fully saturated rings. The van der Waals surface area contributed by atoms with E-state index >= 15 is 0 Å². The third kappa shape index (κ3) is 5.34. The van der Waals surface area contributed by atoms with Gasteiger partial charge in [0, 0.05) is 11.4 Å². The third-order valence-corrected chi connectivity index (χ3v) is 5.41. The summed E-state index contributed by atoms with van der Waals surface area (Å²) in [6.45, 7) is 1.87. The van der Waals surface area contributed by atoms with Crippen molar-refractivity contribution in [1.29, 1.82) is 0 Å². The normalized spacial score (nSPS) is 12.5. The third-order valence-electron chi connectivity index (χ3n) is 4.53. The van der Waals surface area contributed by atoms with E-state index in [1.54, 1.807) is 0 Å². The molecule has 2 heterocycles. The molecule has 0 radical (unpaired) electrons. The predicted octanol–water partition coefficient (Wildman–Crippen LogP) is 2.33. The molecule has 9 nitrogen and oxygen atoms in total. The van der Waals surface area contributed by atoms with Crippen LogP contribution in [0, 0.1) is 0 Å². The molecule has 1 aromatic heterocycles. The van der Waals surface area contributed by atoms with Crippen molar-refractivity contribution in [2.45, 2.75) is 26.3 Å². The van der Waals surface area contributed by atoms with Gasteiger partial charge in [-0.25, -0.2) is 9.59 Å². The molecule has 0 bridgehead atoms. The molecule has 5 amide bonds. The molecule has 0 saturated heterocycles. The molecule has 0 atom stereocenters. The lowest BCUT2D eigenvalue weighted by atomic mass is 10.1. The second-order valence-electron chi connectivity index (χ2n) is 6.76. The number of nitrogens with zero attached hydrogens (tertiary/aromatic N) is 1. The molecule has 1 aliphatic heterocycles. The van der Waals surface area contributed by atoms with Crippen molar-refractivity contribution in [3.63, 3.8) is 0 Å². The van der Waals surface area contributed by atoms with Gasteiger partial charge in [-0.05, 0) is 36.1 Å². The molecule has 1 aromatic carbocycles. The van der Waals surface area contributed by atoms with Gasteiger partial charge in [-0.3, -0.25) is 24.6 Å². The number of benzene rings is 1. The Labute approximate surface area is 182 Å². The van der Waals surface area contributed by atoms with E-state index in [1.165, 1.54) is 29.5 Å². The van der Waals surface area contributed by atoms with Crippen LogP contribution in [0.5, 0.6) is 0 Å². The van der Waals surface area contributed by atoms with Gasteiger partial charge in [0.25, 0.3) is 17.7 Å². The summed E-state index contributed by atoms with van der Waals surface area (Å²) in [5.74, 6) is -2.48. The second kappa shape index (κ2) is 9.98. The Hall–Kier alpha value is -3.53. The largest absolute Gasteiger partial charge is 0.452 e. The molecular weight excluding hydrogens is 422 g/mol. The van der Waals surface area contributed by atoms with Crippen LogP contribution in [-0.2, 0) is 16.1 Å². The number of carbonyl (C=O) groups is 5. The fraction of sp³-hybridized carbons (Fsp3) is 0.286. The van der Waals surface area contributed by atoms with E-state index in [9.17, 15) is 24.0 Å². The zero-order valence-corrected chi connectivity index (χ0v) is 17.6. The zero-order chi connectivity index (χ0) is 22.4. The van der Waals surface area contributed by atoms with E-state index in [4.69, 9.17) is 4.74 Å². The summed E-state index contributed by atoms with van der Waals surface area (Å²) in [6, 6.07) is 7.03. The Kier molecular flexibility index (Phi) is 7.14. The summed E-state index contributed by atoms with van der Waals surface area (Å²) in [6.07, 6.45) is 1.52. The van der Waals surface area contributed by atoms with Crippen molar-refractivity contribution < 1.29 is 28.7 Å². The number of imide groups is 2. The van der Waals surface area contributed by atoms with Gasteiger partial charge in [-0.15, -0.1) is 11.3 Å². The highest BCUT2D eigenvalue weighted by molar-refractivity contribution is 7.09. The lowest BCUT2D eigenvalue weighted by molar-refractivity contribution is -0.123. The van der Waals surface area contributed by atoms with Gasteiger partial charge in [0.2, 0.25) is 0 Å². The number of carbonyl (C=O) groups excluding carboxylic acids is 5. The Bertz CT molecular complexity index is 1020. The zero-order valence-electron chi connectivity index (χ0n) is 16.8. The van der Waals surface area contributed by atoms with Crippen molar-refractivity contribution in [3.8, 4) is 0 Å². The van der Waals surface area contributed by atoms with E-state index in [2.05, 4.69) is 10.6 Å². The number of rotatable bonds is 8. The average molecular weight is 443 g/mol. The fourth-order valence-electron chi connectivity index (χ4n) is 2.94. The first-order chi connectivity index (χ1) is 14.9. The average Bonchev–Trinajstić information content (AvgIpc) is 3.36. The standard InChI is InChI=1S/C21H21N3O6S/c1-2-3-8-24-18(26)15-7-6-13(10-16(15)19(24)27)20(28)30-12-17(25)23-21(29)22-11-14-5-4-9-31-14/h4-7,9-10H,2-3,8,11-12H2,1H3,(H2,22,23,25,29). The SMILES string of the molecule is CCCCN1C(=O)c2ccc(C(=O)OCC(=O)NC(=O)NCc3cccs3)cc2C1=O. The van der Waals surface area contributed by atoms with Crippen molar-refractivity contribution in [2.75, 3.05) is 13.2 Å². The van der Waals surface area contributed by atoms with Crippen LogP contribution in [-0.4, -0.2) is 47.8 Å². The first-order valence-corrected chi connectivity index (χ1v) is 10.6. The molecule has 10 heteroatoms. The Morgan fingerprint density at radius 3 is 2.58 bits per heavy atom. The van der Waals surface area contributed by atoms with Gasteiger partial charge in [-0.2, -0.15) is 0 Å². The monoisotopic (exact) mass is 443 g/mol. The summed E-state index contributed by atoms with van der Waals surface area (Å²) in [4.78, 5) is 62.7. The first-order valence-electron chi connectivity index (χ1n) is 9.68. The predicted molar refractivity (Wildman–Crippen MR) is 112 cm³/mol. The number of ether oxygens (including phenoxy) is 1. The van der Waals surface area contributed by atoms with Gasteiger partial charge >= 0.3 is 12.0 Å². The van der Waals surface area contributed by atoms with E-state index in [0.717, 1.165) is 16.2 Å². The van der Waals surface area contributed by atoms with Gasteiger partial charge in [0.05, 0.1) is 23.2 Å². The summed E-state index contributed by atoms with van der Waals surface area (Å²) in [5, 5.41) is 6.44. The van der Waals surface area contributed by atoms with Gasteiger partial charge in [0.1, 0.15) is 0 Å². The smallest absolute Gasteiger partial charge is 0.338 e. The maximum atomic E-state index is 12.5. The van der Waals surface area contributed by atoms with E-state index in [-0.39, 0.29) is 29.1 Å². The van der Waals surface area contributed by atoms with Crippen molar-refractivity contribution in [3.05, 3.63) is 57.3 Å². The summed E-state index contributed by atoms with van der Waals surface area (Å²) in [7, 11) is 0. The molecule has 0 aliphatic carbocycles. The fourth-order valence-corrected chi connectivity index (χ4v) is 3.58. The number of thiophene rings is 1. The molecule has 31 heavy (non-hydrogen) atoms. The highest BCUT2D eigenvalue weighted by atomic mass is 32.1. The van der Waals surface area contributed by atoms with Crippen molar-refractivity contribution >= 4 is 41.1 Å². The number of amides is 5. The van der Waals surface area contributed by atoms with Crippen LogP contribution in [0.15, 0.2) is 35.7 Å². The topological polar surface area (TPSA) is 122 Å². The number of fused-ring (bicyclic) bond motifs is 1. The van der Waals surface area contributed by atoms with Crippen LogP contribution in [0.3, 0.4) is 0 Å². The van der Waals surface area contributed by atoms with E-state index in [1.807, 2.05) is 24.4 Å². The van der Waals surface area contributed by atoms with Gasteiger partial charge < -0.3 is 10.1 Å². The molecule has 3 rings (SSSR count). The Morgan fingerprint density at radius 2 is 1.87 bits per heavy atom. The summed E-state index contributed by atoms with van der Waals surface area (Å²) in [5.41, 5.74) is 0.401. The highest BCUT2D eigenvalue weighted by Crippen LogP contribution is 2.24. The number of hydrogen-bond acceptors (Lipinski definition) is 7. The van der Waals surface area contributed by atoms with Gasteiger partial charge in [-0.1, -0.05) is 19.4 Å². The molecule has 0 saturated carbocycles. The quantitative estimate of drug-likeness (QED) is 0.477. The van der Waals surface area contributed by atoms with Crippen molar-refractivity contribution in [2.24, 2.45) is 0 Å². The molecule has 1 aliphatic rings. The molecular formula is C21H21N3O6S. The number of unbranched alkanes of at least 4 members (excludes halogenated alkanes) is 1.